The highest BCUT2D eigenvalue weighted by Gasteiger charge is 2.10. The molecule has 0 saturated carbocycles. The summed E-state index contributed by atoms with van der Waals surface area (Å²) in [5, 5.41) is 0. The van der Waals surface area contributed by atoms with Gasteiger partial charge in [-0.2, -0.15) is 0 Å². The monoisotopic (exact) mass is 219 g/mol. The molecular weight excluding hydrogens is 198 g/mol. The van der Waals surface area contributed by atoms with Gasteiger partial charge in [-0.3, -0.25) is 4.99 Å². The number of rotatable bonds is 4. The van der Waals surface area contributed by atoms with Gasteiger partial charge >= 0.3 is 0 Å². The van der Waals surface area contributed by atoms with E-state index in [1.807, 2.05) is 6.08 Å². The Labute approximate surface area is 98.0 Å². The first-order valence-corrected chi connectivity index (χ1v) is 5.53. The lowest BCUT2D eigenvalue weighted by Gasteiger charge is -2.18. The SMILES string of the molecule is CN=CC=C(N)C1C=CC(CN(C)C)=CC1. The fraction of sp³-hybridized carbons (Fsp3) is 0.462. The first-order valence-electron chi connectivity index (χ1n) is 5.53. The number of aliphatic imine (C=N–C) groups is 1. The van der Waals surface area contributed by atoms with Gasteiger partial charge in [-0.1, -0.05) is 18.2 Å². The molecule has 1 rings (SSSR count). The largest absolute Gasteiger partial charge is 0.402 e. The van der Waals surface area contributed by atoms with E-state index in [4.69, 9.17) is 5.73 Å². The summed E-state index contributed by atoms with van der Waals surface area (Å²) in [6.45, 7) is 0.989. The quantitative estimate of drug-likeness (QED) is 0.730. The molecule has 88 valence electrons. The second-order valence-corrected chi connectivity index (χ2v) is 4.29. The first kappa shape index (κ1) is 12.7. The Morgan fingerprint density at radius 2 is 2.38 bits per heavy atom. The van der Waals surface area contributed by atoms with Gasteiger partial charge in [0.05, 0.1) is 0 Å². The molecule has 0 aromatic heterocycles. The Kier molecular flexibility index (Phi) is 4.99. The average Bonchev–Trinajstić information content (AvgIpc) is 2.26. The molecule has 1 aliphatic carbocycles. The van der Waals surface area contributed by atoms with Crippen LogP contribution in [0.2, 0.25) is 0 Å². The predicted molar refractivity (Wildman–Crippen MR) is 70.6 cm³/mol. The second kappa shape index (κ2) is 6.28. The molecule has 0 fully saturated rings. The molecule has 3 nitrogen and oxygen atoms in total. The summed E-state index contributed by atoms with van der Waals surface area (Å²) in [5.41, 5.74) is 8.20. The van der Waals surface area contributed by atoms with Gasteiger partial charge < -0.3 is 10.6 Å². The van der Waals surface area contributed by atoms with E-state index in [1.54, 1.807) is 13.3 Å². The van der Waals surface area contributed by atoms with Crippen molar-refractivity contribution in [1.82, 2.24) is 4.90 Å². The van der Waals surface area contributed by atoms with Gasteiger partial charge in [0.1, 0.15) is 0 Å². The molecule has 0 spiro atoms. The van der Waals surface area contributed by atoms with Gasteiger partial charge in [-0.15, -0.1) is 0 Å². The van der Waals surface area contributed by atoms with Crippen molar-refractivity contribution in [2.24, 2.45) is 16.6 Å². The van der Waals surface area contributed by atoms with Crippen molar-refractivity contribution in [3.8, 4) is 0 Å². The summed E-state index contributed by atoms with van der Waals surface area (Å²) >= 11 is 0. The molecule has 0 aromatic carbocycles. The fourth-order valence-corrected chi connectivity index (χ4v) is 1.68. The van der Waals surface area contributed by atoms with Gasteiger partial charge in [-0.25, -0.2) is 0 Å². The Balaban J connectivity index is 2.55. The Hall–Kier alpha value is -1.35. The van der Waals surface area contributed by atoms with Crippen LogP contribution in [-0.4, -0.2) is 38.8 Å². The molecular formula is C13H21N3. The number of hydrogen-bond donors (Lipinski definition) is 1. The lowest BCUT2D eigenvalue weighted by atomic mass is 9.93. The number of allylic oxidation sites excluding steroid dienone is 3. The maximum absolute atomic E-state index is 5.96. The summed E-state index contributed by atoms with van der Waals surface area (Å²) in [4.78, 5) is 6.06. The molecule has 0 heterocycles. The van der Waals surface area contributed by atoms with Gasteiger partial charge in [0.2, 0.25) is 0 Å². The molecule has 0 radical (unpaired) electrons. The number of hydrogen-bond acceptors (Lipinski definition) is 3. The Bertz CT molecular complexity index is 335. The molecule has 1 aliphatic rings. The zero-order valence-corrected chi connectivity index (χ0v) is 10.4. The minimum atomic E-state index is 0.323. The number of likely N-dealkylation sites (N-methyl/N-ethyl adjacent to an activating group) is 1. The third kappa shape index (κ3) is 4.03. The molecule has 2 N–H and O–H groups in total. The van der Waals surface area contributed by atoms with Crippen molar-refractivity contribution in [3.63, 3.8) is 0 Å². The lowest BCUT2D eigenvalue weighted by Crippen LogP contribution is -2.17. The van der Waals surface area contributed by atoms with E-state index in [9.17, 15) is 0 Å². The van der Waals surface area contributed by atoms with Crippen LogP contribution in [-0.2, 0) is 0 Å². The minimum Gasteiger partial charge on any atom is -0.402 e. The van der Waals surface area contributed by atoms with Crippen molar-refractivity contribution in [3.05, 3.63) is 35.6 Å². The highest BCUT2D eigenvalue weighted by atomic mass is 15.0. The van der Waals surface area contributed by atoms with E-state index < -0.39 is 0 Å². The van der Waals surface area contributed by atoms with Crippen LogP contribution < -0.4 is 5.73 Å². The molecule has 0 saturated heterocycles. The summed E-state index contributed by atoms with van der Waals surface area (Å²) in [6.07, 6.45) is 11.2. The Morgan fingerprint density at radius 3 is 2.88 bits per heavy atom. The van der Waals surface area contributed by atoms with Crippen LogP contribution in [0.4, 0.5) is 0 Å². The molecule has 0 aliphatic heterocycles. The zero-order chi connectivity index (χ0) is 12.0. The number of nitrogens with two attached hydrogens (primary N) is 1. The molecule has 0 amide bonds. The van der Waals surface area contributed by atoms with Crippen molar-refractivity contribution in [1.29, 1.82) is 0 Å². The van der Waals surface area contributed by atoms with Gasteiger partial charge in [0.25, 0.3) is 0 Å². The molecule has 1 atom stereocenters. The summed E-state index contributed by atoms with van der Waals surface area (Å²) in [5.74, 6) is 0.323. The van der Waals surface area contributed by atoms with Crippen LogP contribution in [0.15, 0.2) is 40.6 Å². The van der Waals surface area contributed by atoms with Crippen molar-refractivity contribution < 1.29 is 0 Å². The topological polar surface area (TPSA) is 41.6 Å². The molecule has 0 bridgehead atoms. The average molecular weight is 219 g/mol. The predicted octanol–water partition coefficient (Wildman–Crippen LogP) is 1.59. The highest BCUT2D eigenvalue weighted by Crippen LogP contribution is 2.20. The highest BCUT2D eigenvalue weighted by molar-refractivity contribution is 5.72. The Morgan fingerprint density at radius 1 is 1.62 bits per heavy atom. The summed E-state index contributed by atoms with van der Waals surface area (Å²) in [7, 11) is 5.90. The normalized spacial score (nSPS) is 21.9. The van der Waals surface area contributed by atoms with Gasteiger partial charge in [-0.05, 0) is 32.2 Å². The van der Waals surface area contributed by atoms with Crippen molar-refractivity contribution >= 4 is 6.21 Å². The molecule has 1 unspecified atom stereocenters. The smallest absolute Gasteiger partial charge is 0.0277 e. The molecule has 3 heteroatoms. The van der Waals surface area contributed by atoms with Crippen LogP contribution in [0.1, 0.15) is 6.42 Å². The van der Waals surface area contributed by atoms with E-state index in [1.165, 1.54) is 5.57 Å². The van der Waals surface area contributed by atoms with Crippen LogP contribution in [0, 0.1) is 5.92 Å². The van der Waals surface area contributed by atoms with Crippen LogP contribution in [0.25, 0.3) is 0 Å². The van der Waals surface area contributed by atoms with E-state index in [0.717, 1.165) is 18.7 Å². The van der Waals surface area contributed by atoms with E-state index in [0.29, 0.717) is 5.92 Å². The van der Waals surface area contributed by atoms with Crippen LogP contribution in [0.5, 0.6) is 0 Å². The standard InChI is InChI=1S/C13H21N3/c1-15-9-8-13(14)12-6-4-11(5-7-12)10-16(2)3/h4-6,8-9,12H,7,10,14H2,1-3H3. The van der Waals surface area contributed by atoms with E-state index in [2.05, 4.69) is 42.2 Å². The van der Waals surface area contributed by atoms with Gasteiger partial charge in [0, 0.05) is 31.4 Å². The molecule has 16 heavy (non-hydrogen) atoms. The van der Waals surface area contributed by atoms with E-state index >= 15 is 0 Å². The third-order valence-electron chi connectivity index (χ3n) is 2.52. The maximum atomic E-state index is 5.96. The third-order valence-corrected chi connectivity index (χ3v) is 2.52. The van der Waals surface area contributed by atoms with Crippen molar-refractivity contribution in [2.45, 2.75) is 6.42 Å². The lowest BCUT2D eigenvalue weighted by molar-refractivity contribution is 0.447. The molecule has 0 aromatic rings. The maximum Gasteiger partial charge on any atom is 0.0277 e. The summed E-state index contributed by atoms with van der Waals surface area (Å²) in [6, 6.07) is 0. The summed E-state index contributed by atoms with van der Waals surface area (Å²) < 4.78 is 0. The fourth-order valence-electron chi connectivity index (χ4n) is 1.68. The second-order valence-electron chi connectivity index (χ2n) is 4.29. The van der Waals surface area contributed by atoms with E-state index in [-0.39, 0.29) is 0 Å². The van der Waals surface area contributed by atoms with Crippen LogP contribution in [0.3, 0.4) is 0 Å². The first-order chi connectivity index (χ1) is 7.63. The van der Waals surface area contributed by atoms with Crippen LogP contribution >= 0.6 is 0 Å². The van der Waals surface area contributed by atoms with Gasteiger partial charge in [0.15, 0.2) is 0 Å². The minimum absolute atomic E-state index is 0.323. The number of nitrogens with zero attached hydrogens (tertiary/aromatic N) is 2. The zero-order valence-electron chi connectivity index (χ0n) is 10.4. The van der Waals surface area contributed by atoms with Crippen molar-refractivity contribution in [2.75, 3.05) is 27.7 Å².